The van der Waals surface area contributed by atoms with Crippen LogP contribution in [-0.2, 0) is 11.2 Å². The number of pyridine rings is 2. The molecule has 0 saturated carbocycles. The van der Waals surface area contributed by atoms with Gasteiger partial charge in [-0.25, -0.2) is 0 Å². The van der Waals surface area contributed by atoms with E-state index in [2.05, 4.69) is 9.97 Å². The van der Waals surface area contributed by atoms with Crippen LogP contribution in [0.5, 0.6) is 5.75 Å². The Kier molecular flexibility index (Phi) is 6.98. The summed E-state index contributed by atoms with van der Waals surface area (Å²) in [7, 11) is 0. The predicted octanol–water partition coefficient (Wildman–Crippen LogP) is 3.40. The first-order valence-corrected chi connectivity index (χ1v) is 11.3. The molecule has 1 saturated heterocycles. The van der Waals surface area contributed by atoms with Gasteiger partial charge in [0, 0.05) is 50.3 Å². The second-order valence-electron chi connectivity index (χ2n) is 8.31. The van der Waals surface area contributed by atoms with Crippen LogP contribution in [0.15, 0.2) is 67.3 Å². The van der Waals surface area contributed by atoms with E-state index in [-0.39, 0.29) is 23.5 Å². The highest BCUT2D eigenvalue weighted by Gasteiger charge is 2.33. The van der Waals surface area contributed by atoms with Gasteiger partial charge in [-0.1, -0.05) is 37.3 Å². The number of carbonyl (C=O) groups excluding carboxylic acids is 2. The van der Waals surface area contributed by atoms with Crippen molar-refractivity contribution in [3.8, 4) is 16.9 Å². The van der Waals surface area contributed by atoms with E-state index in [9.17, 15) is 14.7 Å². The molecule has 0 bridgehead atoms. The second kappa shape index (κ2) is 10.3. The van der Waals surface area contributed by atoms with Gasteiger partial charge in [-0.15, -0.1) is 0 Å². The van der Waals surface area contributed by atoms with Crippen LogP contribution >= 0.6 is 0 Å². The van der Waals surface area contributed by atoms with Crippen LogP contribution in [0.4, 0.5) is 0 Å². The third kappa shape index (κ3) is 5.19. The number of aromatic hydroxyl groups is 1. The largest absolute Gasteiger partial charge is 0.506 e. The first-order chi connectivity index (χ1) is 16.1. The van der Waals surface area contributed by atoms with Gasteiger partial charge < -0.3 is 14.9 Å². The lowest BCUT2D eigenvalue weighted by Gasteiger charge is -2.24. The normalized spacial score (nSPS) is 16.5. The molecule has 1 aliphatic heterocycles. The van der Waals surface area contributed by atoms with Gasteiger partial charge in [-0.2, -0.15) is 0 Å². The number of aromatic nitrogens is 2. The Labute approximate surface area is 193 Å². The molecular formula is C26H28N4O3. The zero-order valence-electron chi connectivity index (χ0n) is 18.7. The fourth-order valence-electron chi connectivity index (χ4n) is 4.37. The summed E-state index contributed by atoms with van der Waals surface area (Å²) in [6.45, 7) is 3.96. The Morgan fingerprint density at radius 2 is 1.94 bits per heavy atom. The molecule has 1 aliphatic rings. The zero-order valence-corrected chi connectivity index (χ0v) is 18.7. The van der Waals surface area contributed by atoms with Crippen molar-refractivity contribution < 1.29 is 14.7 Å². The Balaban J connectivity index is 1.64. The second-order valence-corrected chi connectivity index (χ2v) is 8.31. The Bertz CT molecular complexity index is 1120. The summed E-state index contributed by atoms with van der Waals surface area (Å²) in [4.78, 5) is 38.4. The smallest absolute Gasteiger partial charge is 0.255 e. The lowest BCUT2D eigenvalue weighted by Crippen LogP contribution is -2.38. The van der Waals surface area contributed by atoms with E-state index in [1.54, 1.807) is 11.1 Å². The van der Waals surface area contributed by atoms with E-state index >= 15 is 0 Å². The van der Waals surface area contributed by atoms with Gasteiger partial charge in [0.15, 0.2) is 0 Å². The molecule has 1 fully saturated rings. The molecule has 0 radical (unpaired) electrons. The Morgan fingerprint density at radius 3 is 2.70 bits per heavy atom. The number of hydrogen-bond donors (Lipinski definition) is 1. The summed E-state index contributed by atoms with van der Waals surface area (Å²) >= 11 is 0. The van der Waals surface area contributed by atoms with E-state index < -0.39 is 0 Å². The summed E-state index contributed by atoms with van der Waals surface area (Å²) in [5, 5.41) is 9.75. The highest BCUT2D eigenvalue weighted by Crippen LogP contribution is 2.27. The van der Waals surface area contributed by atoms with Gasteiger partial charge in [0.1, 0.15) is 5.75 Å². The van der Waals surface area contributed by atoms with Gasteiger partial charge >= 0.3 is 0 Å². The minimum atomic E-state index is -0.369. The molecule has 1 atom stereocenters. The van der Waals surface area contributed by atoms with E-state index in [0.29, 0.717) is 38.2 Å². The lowest BCUT2D eigenvalue weighted by atomic mass is 9.91. The summed E-state index contributed by atoms with van der Waals surface area (Å²) in [5.41, 5.74) is 3.41. The van der Waals surface area contributed by atoms with Crippen molar-refractivity contribution in [3.05, 3.63) is 78.4 Å². The summed E-state index contributed by atoms with van der Waals surface area (Å²) < 4.78 is 0. The van der Waals surface area contributed by atoms with Crippen molar-refractivity contribution in [1.82, 2.24) is 19.8 Å². The van der Waals surface area contributed by atoms with Crippen molar-refractivity contribution in [2.75, 3.05) is 26.2 Å². The molecule has 33 heavy (non-hydrogen) atoms. The average Bonchev–Trinajstić information content (AvgIpc) is 2.99. The summed E-state index contributed by atoms with van der Waals surface area (Å²) in [6.07, 6.45) is 7.68. The van der Waals surface area contributed by atoms with Crippen LogP contribution in [0.2, 0.25) is 0 Å². The topological polar surface area (TPSA) is 86.6 Å². The molecule has 7 nitrogen and oxygen atoms in total. The van der Waals surface area contributed by atoms with Crippen LogP contribution in [0.1, 0.15) is 29.3 Å². The number of rotatable bonds is 6. The molecule has 7 heteroatoms. The SMILES string of the molecule is CCCN1CCN(C(=O)c2cncc(O)c2)C[C@@H](Cc2ccccc2-c2cccnc2)C1=O. The monoisotopic (exact) mass is 444 g/mol. The average molecular weight is 445 g/mol. The molecule has 3 heterocycles. The number of carbonyl (C=O) groups is 2. The van der Waals surface area contributed by atoms with Gasteiger partial charge in [0.25, 0.3) is 5.91 Å². The molecule has 3 aromatic rings. The molecule has 0 spiro atoms. The fraction of sp³-hybridized carbons (Fsp3) is 0.308. The third-order valence-corrected chi connectivity index (χ3v) is 5.95. The predicted molar refractivity (Wildman–Crippen MR) is 126 cm³/mol. The van der Waals surface area contributed by atoms with Gasteiger partial charge in [0.05, 0.1) is 17.7 Å². The lowest BCUT2D eigenvalue weighted by molar-refractivity contribution is -0.134. The van der Waals surface area contributed by atoms with Crippen molar-refractivity contribution in [3.63, 3.8) is 0 Å². The van der Waals surface area contributed by atoms with E-state index in [0.717, 1.165) is 23.1 Å². The van der Waals surface area contributed by atoms with Crippen molar-refractivity contribution in [2.24, 2.45) is 5.92 Å². The quantitative estimate of drug-likeness (QED) is 0.630. The standard InChI is InChI=1S/C26H28N4O3/c1-2-10-29-11-12-30(25(32)21-14-23(31)17-28-16-21)18-22(26(29)33)13-19-6-3-4-8-24(19)20-7-5-9-27-15-20/h3-9,14-17,22,31H,2,10-13,18H2,1H3/t22-/m1/s1. The van der Waals surface area contributed by atoms with Crippen molar-refractivity contribution in [1.29, 1.82) is 0 Å². The zero-order chi connectivity index (χ0) is 23.2. The molecular weight excluding hydrogens is 416 g/mol. The van der Waals surface area contributed by atoms with E-state index in [1.165, 1.54) is 18.5 Å². The number of hydrogen-bond acceptors (Lipinski definition) is 5. The van der Waals surface area contributed by atoms with Crippen molar-refractivity contribution >= 4 is 11.8 Å². The van der Waals surface area contributed by atoms with Crippen molar-refractivity contribution in [2.45, 2.75) is 19.8 Å². The van der Waals surface area contributed by atoms with Gasteiger partial charge in [0.2, 0.25) is 5.91 Å². The highest BCUT2D eigenvalue weighted by molar-refractivity contribution is 5.95. The maximum Gasteiger partial charge on any atom is 0.255 e. The molecule has 1 aromatic carbocycles. The molecule has 2 amide bonds. The molecule has 1 N–H and O–H groups in total. The highest BCUT2D eigenvalue weighted by atomic mass is 16.3. The third-order valence-electron chi connectivity index (χ3n) is 5.95. The van der Waals surface area contributed by atoms with E-state index in [1.807, 2.05) is 54.4 Å². The molecule has 0 aliphatic carbocycles. The fourth-order valence-corrected chi connectivity index (χ4v) is 4.37. The molecule has 2 aromatic heterocycles. The minimum absolute atomic E-state index is 0.0543. The first kappa shape index (κ1) is 22.5. The maximum absolute atomic E-state index is 13.5. The Morgan fingerprint density at radius 1 is 1.09 bits per heavy atom. The first-order valence-electron chi connectivity index (χ1n) is 11.3. The Hall–Kier alpha value is -3.74. The summed E-state index contributed by atoms with van der Waals surface area (Å²) in [6, 6.07) is 13.4. The number of benzene rings is 1. The van der Waals surface area contributed by atoms with E-state index in [4.69, 9.17) is 0 Å². The molecule has 4 rings (SSSR count). The van der Waals surface area contributed by atoms with Gasteiger partial charge in [-0.05, 0) is 36.1 Å². The van der Waals surface area contributed by atoms with Crippen LogP contribution in [0.3, 0.4) is 0 Å². The number of nitrogens with zero attached hydrogens (tertiary/aromatic N) is 4. The van der Waals surface area contributed by atoms with Crippen LogP contribution in [0.25, 0.3) is 11.1 Å². The maximum atomic E-state index is 13.5. The number of amides is 2. The molecule has 170 valence electrons. The van der Waals surface area contributed by atoms with Crippen LogP contribution < -0.4 is 0 Å². The van der Waals surface area contributed by atoms with Gasteiger partial charge in [-0.3, -0.25) is 19.6 Å². The van der Waals surface area contributed by atoms with Crippen LogP contribution in [-0.4, -0.2) is 62.9 Å². The molecule has 0 unspecified atom stereocenters. The summed E-state index contributed by atoms with van der Waals surface area (Å²) in [5.74, 6) is -0.579. The van der Waals surface area contributed by atoms with Crippen LogP contribution in [0, 0.1) is 5.92 Å². The minimum Gasteiger partial charge on any atom is -0.506 e.